The van der Waals surface area contributed by atoms with Crippen molar-refractivity contribution < 1.29 is 14.3 Å². The molecule has 1 aromatic carbocycles. The van der Waals surface area contributed by atoms with E-state index in [0.717, 1.165) is 5.56 Å². The van der Waals surface area contributed by atoms with Crippen LogP contribution in [0.25, 0.3) is 0 Å². The molecule has 0 aliphatic carbocycles. The van der Waals surface area contributed by atoms with Gasteiger partial charge in [0.05, 0.1) is 5.41 Å². The van der Waals surface area contributed by atoms with Crippen molar-refractivity contribution in [3.8, 4) is 0 Å². The Balaban J connectivity index is 1.80. The summed E-state index contributed by atoms with van der Waals surface area (Å²) in [6.45, 7) is 2.64. The van der Waals surface area contributed by atoms with Gasteiger partial charge in [0.2, 0.25) is 5.91 Å². The summed E-state index contributed by atoms with van der Waals surface area (Å²) >= 11 is 0. The number of carbonyl (C=O) groups is 2. The van der Waals surface area contributed by atoms with E-state index in [1.54, 1.807) is 6.92 Å². The number of nitrogens with zero attached hydrogens (tertiary/aromatic N) is 1. The lowest BCUT2D eigenvalue weighted by Gasteiger charge is -2.44. The van der Waals surface area contributed by atoms with E-state index in [-0.39, 0.29) is 12.5 Å². The molecule has 1 aliphatic heterocycles. The van der Waals surface area contributed by atoms with Crippen molar-refractivity contribution in [3.63, 3.8) is 0 Å². The van der Waals surface area contributed by atoms with E-state index in [1.165, 1.54) is 4.90 Å². The number of hydrogen-bond donors (Lipinski definition) is 1. The first-order valence-electron chi connectivity index (χ1n) is 5.77. The minimum Gasteiger partial charge on any atom is -0.445 e. The summed E-state index contributed by atoms with van der Waals surface area (Å²) in [6.07, 6.45) is -0.405. The Morgan fingerprint density at radius 2 is 1.94 bits per heavy atom. The molecule has 1 saturated heterocycles. The van der Waals surface area contributed by atoms with Crippen LogP contribution in [0, 0.1) is 5.41 Å². The van der Waals surface area contributed by atoms with Crippen LogP contribution < -0.4 is 5.73 Å². The van der Waals surface area contributed by atoms with Crippen LogP contribution in [0.2, 0.25) is 0 Å². The Labute approximate surface area is 106 Å². The van der Waals surface area contributed by atoms with Gasteiger partial charge in [-0.05, 0) is 12.5 Å². The summed E-state index contributed by atoms with van der Waals surface area (Å²) in [4.78, 5) is 24.2. The third-order valence-corrected chi connectivity index (χ3v) is 3.14. The monoisotopic (exact) mass is 248 g/mol. The highest BCUT2D eigenvalue weighted by Gasteiger charge is 2.46. The molecule has 0 unspecified atom stereocenters. The fourth-order valence-corrected chi connectivity index (χ4v) is 1.89. The van der Waals surface area contributed by atoms with Gasteiger partial charge in [-0.25, -0.2) is 4.79 Å². The molecular formula is C13H16N2O3. The van der Waals surface area contributed by atoms with Crippen LogP contribution in [0.15, 0.2) is 30.3 Å². The second-order valence-electron chi connectivity index (χ2n) is 4.82. The second kappa shape index (κ2) is 4.68. The number of ether oxygens (including phenoxy) is 1. The van der Waals surface area contributed by atoms with E-state index in [2.05, 4.69) is 0 Å². The minimum atomic E-state index is -0.605. The molecule has 0 aromatic heterocycles. The number of nitrogens with two attached hydrogens (primary N) is 1. The van der Waals surface area contributed by atoms with E-state index < -0.39 is 11.5 Å². The van der Waals surface area contributed by atoms with Crippen LogP contribution in [0.3, 0.4) is 0 Å². The Bertz CT molecular complexity index is 453. The molecule has 5 heteroatoms. The van der Waals surface area contributed by atoms with Crippen LogP contribution in [-0.2, 0) is 16.1 Å². The Kier molecular flexibility index (Phi) is 3.23. The molecule has 2 rings (SSSR count). The second-order valence-corrected chi connectivity index (χ2v) is 4.82. The average Bonchev–Trinajstić information content (AvgIpc) is 2.33. The topological polar surface area (TPSA) is 72.6 Å². The van der Waals surface area contributed by atoms with Crippen molar-refractivity contribution >= 4 is 12.0 Å². The zero-order valence-corrected chi connectivity index (χ0v) is 10.3. The van der Waals surface area contributed by atoms with E-state index >= 15 is 0 Å². The quantitative estimate of drug-likeness (QED) is 0.871. The van der Waals surface area contributed by atoms with E-state index in [9.17, 15) is 9.59 Å². The molecule has 96 valence electrons. The standard InChI is InChI=1S/C13H16N2O3/c1-13(11(14)16)8-15(9-13)12(17)18-7-10-5-3-2-4-6-10/h2-6H,7-9H2,1H3,(H2,14,16). The predicted octanol–water partition coefficient (Wildman–Crippen LogP) is 1.13. The SMILES string of the molecule is CC1(C(N)=O)CN(C(=O)OCc2ccccc2)C1. The first-order valence-corrected chi connectivity index (χ1v) is 5.77. The summed E-state index contributed by atoms with van der Waals surface area (Å²) in [6, 6.07) is 9.45. The van der Waals surface area contributed by atoms with Crippen molar-refractivity contribution in [3.05, 3.63) is 35.9 Å². The maximum absolute atomic E-state index is 11.7. The first-order chi connectivity index (χ1) is 8.51. The Hall–Kier alpha value is -2.04. The van der Waals surface area contributed by atoms with Crippen molar-refractivity contribution in [2.24, 2.45) is 11.1 Å². The summed E-state index contributed by atoms with van der Waals surface area (Å²) in [5, 5.41) is 0. The molecule has 2 N–H and O–H groups in total. The maximum atomic E-state index is 11.7. The number of benzene rings is 1. The predicted molar refractivity (Wildman–Crippen MR) is 65.5 cm³/mol. The van der Waals surface area contributed by atoms with Gasteiger partial charge in [-0.15, -0.1) is 0 Å². The first kappa shape index (κ1) is 12.4. The molecule has 18 heavy (non-hydrogen) atoms. The van der Waals surface area contributed by atoms with Crippen molar-refractivity contribution in [2.75, 3.05) is 13.1 Å². The fraction of sp³-hybridized carbons (Fsp3) is 0.385. The van der Waals surface area contributed by atoms with Gasteiger partial charge in [-0.2, -0.15) is 0 Å². The number of likely N-dealkylation sites (tertiary alicyclic amines) is 1. The zero-order chi connectivity index (χ0) is 13.2. The summed E-state index contributed by atoms with van der Waals surface area (Å²) in [5.74, 6) is -0.380. The number of hydrogen-bond acceptors (Lipinski definition) is 3. The highest BCUT2D eigenvalue weighted by molar-refractivity contribution is 5.84. The fourth-order valence-electron chi connectivity index (χ4n) is 1.89. The summed E-state index contributed by atoms with van der Waals surface area (Å²) < 4.78 is 5.14. The Morgan fingerprint density at radius 3 is 2.50 bits per heavy atom. The molecule has 0 saturated carbocycles. The molecule has 1 aromatic rings. The van der Waals surface area contributed by atoms with Gasteiger partial charge in [0.1, 0.15) is 6.61 Å². The van der Waals surface area contributed by atoms with Gasteiger partial charge in [0.25, 0.3) is 0 Å². The van der Waals surface area contributed by atoms with Crippen LogP contribution >= 0.6 is 0 Å². The zero-order valence-electron chi connectivity index (χ0n) is 10.3. The lowest BCUT2D eigenvalue weighted by molar-refractivity contribution is -0.134. The molecule has 0 bridgehead atoms. The highest BCUT2D eigenvalue weighted by atomic mass is 16.6. The van der Waals surface area contributed by atoms with Gasteiger partial charge in [0, 0.05) is 13.1 Å². The van der Waals surface area contributed by atoms with Crippen LogP contribution in [0.5, 0.6) is 0 Å². The smallest absolute Gasteiger partial charge is 0.410 e. The van der Waals surface area contributed by atoms with Gasteiger partial charge in [-0.3, -0.25) is 4.79 Å². The molecule has 1 fully saturated rings. The largest absolute Gasteiger partial charge is 0.445 e. The normalized spacial score (nSPS) is 16.8. The minimum absolute atomic E-state index is 0.240. The summed E-state index contributed by atoms with van der Waals surface area (Å²) in [5.41, 5.74) is 5.57. The third kappa shape index (κ3) is 2.45. The molecule has 2 amide bonds. The molecule has 0 atom stereocenters. The number of primary amides is 1. The van der Waals surface area contributed by atoms with Gasteiger partial charge >= 0.3 is 6.09 Å². The molecular weight excluding hydrogens is 232 g/mol. The molecule has 1 aliphatic rings. The van der Waals surface area contributed by atoms with Crippen LogP contribution in [0.4, 0.5) is 4.79 Å². The Morgan fingerprint density at radius 1 is 1.33 bits per heavy atom. The average molecular weight is 248 g/mol. The van der Waals surface area contributed by atoms with E-state index in [1.807, 2.05) is 30.3 Å². The number of carbonyl (C=O) groups excluding carboxylic acids is 2. The lowest BCUT2D eigenvalue weighted by atomic mass is 9.82. The number of amides is 2. The summed E-state index contributed by atoms with van der Waals surface area (Å²) in [7, 11) is 0. The highest BCUT2D eigenvalue weighted by Crippen LogP contribution is 2.29. The van der Waals surface area contributed by atoms with E-state index in [4.69, 9.17) is 10.5 Å². The molecule has 0 radical (unpaired) electrons. The van der Waals surface area contributed by atoms with Crippen LogP contribution in [0.1, 0.15) is 12.5 Å². The maximum Gasteiger partial charge on any atom is 0.410 e. The van der Waals surface area contributed by atoms with Gasteiger partial charge < -0.3 is 15.4 Å². The van der Waals surface area contributed by atoms with Crippen molar-refractivity contribution in [2.45, 2.75) is 13.5 Å². The third-order valence-electron chi connectivity index (χ3n) is 3.14. The van der Waals surface area contributed by atoms with Crippen molar-refractivity contribution in [1.82, 2.24) is 4.90 Å². The molecule has 5 nitrogen and oxygen atoms in total. The molecule has 0 spiro atoms. The van der Waals surface area contributed by atoms with Crippen molar-refractivity contribution in [1.29, 1.82) is 0 Å². The van der Waals surface area contributed by atoms with Crippen LogP contribution in [-0.4, -0.2) is 30.0 Å². The van der Waals surface area contributed by atoms with Gasteiger partial charge in [-0.1, -0.05) is 30.3 Å². The molecule has 1 heterocycles. The van der Waals surface area contributed by atoms with E-state index in [0.29, 0.717) is 13.1 Å². The lowest BCUT2D eigenvalue weighted by Crippen LogP contribution is -2.62. The van der Waals surface area contributed by atoms with Gasteiger partial charge in [0.15, 0.2) is 0 Å². The number of rotatable bonds is 3.